The maximum atomic E-state index is 11.8. The lowest BCUT2D eigenvalue weighted by atomic mass is 10.1. The molecule has 166 valence electrons. The average molecular weight is 466 g/mol. The number of hydrogen-bond donors (Lipinski definition) is 3. The van der Waals surface area contributed by atoms with Crippen molar-refractivity contribution in [2.75, 3.05) is 5.73 Å². The number of aromatic nitrogens is 6. The van der Waals surface area contributed by atoms with Crippen LogP contribution in [0.2, 0.25) is 0 Å². The number of carbonyl (C=O) groups is 1. The van der Waals surface area contributed by atoms with Gasteiger partial charge in [0.05, 0.1) is 32.8 Å². The zero-order valence-electron chi connectivity index (χ0n) is 18.4. The molecule has 6 rings (SSSR count). The molecular formula is C25H19N7OS. The number of imidazole rings is 1. The molecule has 0 radical (unpaired) electrons. The van der Waals surface area contributed by atoms with Crippen LogP contribution in [0.1, 0.15) is 22.2 Å². The van der Waals surface area contributed by atoms with Gasteiger partial charge in [-0.3, -0.25) is 14.9 Å². The Morgan fingerprint density at radius 2 is 1.91 bits per heavy atom. The molecule has 0 bridgehead atoms. The van der Waals surface area contributed by atoms with E-state index >= 15 is 0 Å². The number of nitrogens with two attached hydrogens (primary N) is 1. The number of rotatable bonds is 4. The number of aromatic amines is 2. The fourth-order valence-corrected chi connectivity index (χ4v) is 4.97. The zero-order chi connectivity index (χ0) is 23.4. The third-order valence-electron chi connectivity index (χ3n) is 5.75. The van der Waals surface area contributed by atoms with Crippen molar-refractivity contribution in [3.05, 3.63) is 65.3 Å². The maximum absolute atomic E-state index is 11.8. The topological polar surface area (TPSA) is 126 Å². The highest BCUT2D eigenvalue weighted by molar-refractivity contribution is 7.17. The first-order chi connectivity index (χ1) is 16.5. The molecular weight excluding hydrogens is 446 g/mol. The Kier molecular flexibility index (Phi) is 4.53. The summed E-state index contributed by atoms with van der Waals surface area (Å²) in [5.41, 5.74) is 14.0. The monoisotopic (exact) mass is 465 g/mol. The van der Waals surface area contributed by atoms with E-state index in [1.54, 1.807) is 19.3 Å². The Morgan fingerprint density at radius 1 is 1.03 bits per heavy atom. The third-order valence-corrected chi connectivity index (χ3v) is 6.97. The third kappa shape index (κ3) is 3.25. The fraction of sp³-hybridized carbons (Fsp3) is 0.0800. The lowest BCUT2D eigenvalue weighted by molar-refractivity contribution is 0.102. The zero-order valence-corrected chi connectivity index (χ0v) is 19.2. The second-order valence-corrected chi connectivity index (χ2v) is 9.21. The van der Waals surface area contributed by atoms with Crippen molar-refractivity contribution in [2.45, 2.75) is 13.8 Å². The summed E-state index contributed by atoms with van der Waals surface area (Å²) in [6.07, 6.45) is 3.34. The van der Waals surface area contributed by atoms with E-state index in [2.05, 4.69) is 26.2 Å². The van der Waals surface area contributed by atoms with Gasteiger partial charge in [0.2, 0.25) is 0 Å². The normalized spacial score (nSPS) is 11.5. The van der Waals surface area contributed by atoms with Crippen molar-refractivity contribution in [3.8, 4) is 33.2 Å². The number of ketones is 1. The van der Waals surface area contributed by atoms with Crippen LogP contribution in [0.4, 0.5) is 5.69 Å². The second kappa shape index (κ2) is 7.60. The molecule has 0 saturated carbocycles. The molecule has 0 amide bonds. The van der Waals surface area contributed by atoms with Crippen LogP contribution in [0, 0.1) is 6.92 Å². The van der Waals surface area contributed by atoms with Crippen molar-refractivity contribution < 1.29 is 4.79 Å². The molecule has 0 aliphatic heterocycles. The molecule has 6 aromatic rings. The highest BCUT2D eigenvalue weighted by Gasteiger charge is 2.18. The second-order valence-electron chi connectivity index (χ2n) is 8.13. The van der Waals surface area contributed by atoms with Gasteiger partial charge in [0.25, 0.3) is 0 Å². The summed E-state index contributed by atoms with van der Waals surface area (Å²) in [6.45, 7) is 3.61. The minimum atomic E-state index is 0.0603. The number of hydrogen-bond acceptors (Lipinski definition) is 7. The first-order valence-corrected chi connectivity index (χ1v) is 11.5. The van der Waals surface area contributed by atoms with Crippen molar-refractivity contribution in [2.24, 2.45) is 0 Å². The molecule has 0 fully saturated rings. The molecule has 0 spiro atoms. The number of aryl methyl sites for hydroxylation is 1. The number of nitrogen functional groups attached to an aromatic ring is 1. The summed E-state index contributed by atoms with van der Waals surface area (Å²) in [6, 6.07) is 13.6. The van der Waals surface area contributed by atoms with Gasteiger partial charge < -0.3 is 10.7 Å². The average Bonchev–Trinajstić information content (AvgIpc) is 3.57. The summed E-state index contributed by atoms with van der Waals surface area (Å²) in [5, 5.41) is 7.56. The van der Waals surface area contributed by atoms with Crippen LogP contribution in [0.5, 0.6) is 0 Å². The summed E-state index contributed by atoms with van der Waals surface area (Å²) < 4.78 is 0. The highest BCUT2D eigenvalue weighted by Crippen LogP contribution is 2.36. The summed E-state index contributed by atoms with van der Waals surface area (Å²) in [7, 11) is 0. The van der Waals surface area contributed by atoms with Gasteiger partial charge in [0, 0.05) is 28.4 Å². The predicted octanol–water partition coefficient (Wildman–Crippen LogP) is 5.38. The number of nitrogens with one attached hydrogen (secondary N) is 2. The summed E-state index contributed by atoms with van der Waals surface area (Å²) in [5.74, 6) is 0.681. The number of benzene rings is 1. The Balaban J connectivity index is 1.51. The molecule has 0 aliphatic carbocycles. The van der Waals surface area contributed by atoms with E-state index in [0.717, 1.165) is 48.7 Å². The van der Waals surface area contributed by atoms with E-state index in [-0.39, 0.29) is 5.78 Å². The molecule has 5 heterocycles. The number of anilines is 1. The Hall–Kier alpha value is -4.37. The molecule has 34 heavy (non-hydrogen) atoms. The Bertz CT molecular complexity index is 1730. The van der Waals surface area contributed by atoms with Crippen LogP contribution in [-0.2, 0) is 0 Å². The summed E-state index contributed by atoms with van der Waals surface area (Å²) >= 11 is 1.48. The Morgan fingerprint density at radius 3 is 2.71 bits per heavy atom. The fourth-order valence-electron chi connectivity index (χ4n) is 4.04. The first kappa shape index (κ1) is 20.3. The number of carbonyl (C=O) groups excluding carboxylic acids is 1. The number of H-pyrrole nitrogens is 2. The van der Waals surface area contributed by atoms with Crippen molar-refractivity contribution in [1.82, 2.24) is 30.1 Å². The van der Waals surface area contributed by atoms with Gasteiger partial charge >= 0.3 is 0 Å². The minimum absolute atomic E-state index is 0.0603. The van der Waals surface area contributed by atoms with Crippen LogP contribution >= 0.6 is 11.3 Å². The highest BCUT2D eigenvalue weighted by atomic mass is 32.1. The van der Waals surface area contributed by atoms with E-state index in [0.29, 0.717) is 22.7 Å². The molecule has 0 aliphatic rings. The number of thiophene rings is 1. The van der Waals surface area contributed by atoms with Gasteiger partial charge in [-0.25, -0.2) is 9.97 Å². The van der Waals surface area contributed by atoms with Crippen LogP contribution < -0.4 is 5.73 Å². The van der Waals surface area contributed by atoms with Gasteiger partial charge in [0.1, 0.15) is 5.52 Å². The van der Waals surface area contributed by atoms with E-state index in [4.69, 9.17) is 15.7 Å². The van der Waals surface area contributed by atoms with E-state index in [1.807, 2.05) is 43.3 Å². The minimum Gasteiger partial charge on any atom is -0.397 e. The van der Waals surface area contributed by atoms with E-state index in [1.165, 1.54) is 11.3 Å². The number of Topliss-reactive ketones (excluding diaryl/α,β-unsaturated/α-hetero) is 1. The SMILES string of the molecule is CC(=O)c1ccc(-c2ccc(C)c3nc(-c4n[nH]c5ccc(-c6cncc(N)c6)nc45)[nH]c23)s1. The largest absolute Gasteiger partial charge is 0.397 e. The van der Waals surface area contributed by atoms with Gasteiger partial charge in [0.15, 0.2) is 17.3 Å². The predicted molar refractivity (Wildman–Crippen MR) is 135 cm³/mol. The summed E-state index contributed by atoms with van der Waals surface area (Å²) in [4.78, 5) is 30.9. The number of pyridine rings is 2. The van der Waals surface area contributed by atoms with E-state index < -0.39 is 0 Å². The van der Waals surface area contributed by atoms with Crippen LogP contribution in [0.15, 0.2) is 54.9 Å². The first-order valence-electron chi connectivity index (χ1n) is 10.6. The quantitative estimate of drug-likeness (QED) is 0.300. The molecule has 1 aromatic carbocycles. The van der Waals surface area contributed by atoms with E-state index in [9.17, 15) is 4.79 Å². The molecule has 4 N–H and O–H groups in total. The van der Waals surface area contributed by atoms with Gasteiger partial charge in [-0.15, -0.1) is 11.3 Å². The standard InChI is InChI=1S/C25H19N7OS/c1-12-3-4-16(20-8-7-19(34-20)13(2)33)22-21(12)29-25(30-22)24-23-18(31-32-24)6-5-17(28-23)14-9-15(26)11-27-10-14/h3-11H,26H2,1-2H3,(H,29,30)(H,31,32). The number of fused-ring (bicyclic) bond motifs is 2. The molecule has 0 unspecified atom stereocenters. The lowest BCUT2D eigenvalue weighted by Crippen LogP contribution is -1.90. The van der Waals surface area contributed by atoms with Crippen molar-refractivity contribution in [3.63, 3.8) is 0 Å². The van der Waals surface area contributed by atoms with Crippen LogP contribution in [-0.4, -0.2) is 35.9 Å². The lowest BCUT2D eigenvalue weighted by Gasteiger charge is -2.02. The molecule has 5 aromatic heterocycles. The van der Waals surface area contributed by atoms with Crippen LogP contribution in [0.3, 0.4) is 0 Å². The molecule has 8 nitrogen and oxygen atoms in total. The van der Waals surface area contributed by atoms with Gasteiger partial charge in [-0.05, 0) is 49.7 Å². The smallest absolute Gasteiger partial charge is 0.169 e. The van der Waals surface area contributed by atoms with Gasteiger partial charge in [-0.2, -0.15) is 5.10 Å². The van der Waals surface area contributed by atoms with Crippen molar-refractivity contribution >= 4 is 44.9 Å². The molecule has 9 heteroatoms. The van der Waals surface area contributed by atoms with Crippen molar-refractivity contribution in [1.29, 1.82) is 0 Å². The molecule has 0 atom stereocenters. The maximum Gasteiger partial charge on any atom is 0.169 e. The number of nitrogens with zero attached hydrogens (tertiary/aromatic N) is 4. The molecule has 0 saturated heterocycles. The van der Waals surface area contributed by atoms with Gasteiger partial charge in [-0.1, -0.05) is 12.1 Å². The Labute approximate surface area is 197 Å². The van der Waals surface area contributed by atoms with Crippen LogP contribution in [0.25, 0.3) is 55.3 Å².